The summed E-state index contributed by atoms with van der Waals surface area (Å²) in [6, 6.07) is 1.89. The van der Waals surface area contributed by atoms with Gasteiger partial charge in [-0.1, -0.05) is 25.8 Å². The van der Waals surface area contributed by atoms with Gasteiger partial charge in [0.15, 0.2) is 0 Å². The number of nitrogens with one attached hydrogen (secondary N) is 1. The molecule has 7 heteroatoms. The maximum absolute atomic E-state index is 12.7. The first-order valence-corrected chi connectivity index (χ1v) is 9.31. The lowest BCUT2D eigenvalue weighted by Crippen LogP contribution is -2.28. The van der Waals surface area contributed by atoms with Crippen LogP contribution in [0.1, 0.15) is 63.5 Å². The van der Waals surface area contributed by atoms with E-state index in [0.29, 0.717) is 17.4 Å². The second-order valence-electron chi connectivity index (χ2n) is 7.36. The summed E-state index contributed by atoms with van der Waals surface area (Å²) >= 11 is 0. The van der Waals surface area contributed by atoms with Crippen LogP contribution in [0, 0.1) is 5.92 Å². The molecule has 0 bridgehead atoms. The van der Waals surface area contributed by atoms with E-state index in [1.807, 2.05) is 6.07 Å². The van der Waals surface area contributed by atoms with Crippen molar-refractivity contribution >= 4 is 29.3 Å². The highest BCUT2D eigenvalue weighted by Gasteiger charge is 2.30. The third-order valence-corrected chi connectivity index (χ3v) is 5.30. The minimum absolute atomic E-state index is 0.0149. The highest BCUT2D eigenvalue weighted by atomic mass is 16.2. The van der Waals surface area contributed by atoms with Gasteiger partial charge in [-0.2, -0.15) is 14.8 Å². The summed E-state index contributed by atoms with van der Waals surface area (Å²) < 4.78 is 1.49. The Labute approximate surface area is 152 Å². The molecule has 2 saturated carbocycles. The first kappa shape index (κ1) is 16.9. The Bertz CT molecular complexity index is 838. The van der Waals surface area contributed by atoms with Gasteiger partial charge in [0.05, 0.1) is 17.0 Å². The van der Waals surface area contributed by atoms with Gasteiger partial charge in [-0.3, -0.25) is 9.59 Å². The summed E-state index contributed by atoms with van der Waals surface area (Å²) in [6.45, 7) is 5.42. The average molecular weight is 353 g/mol. The van der Waals surface area contributed by atoms with Crippen LogP contribution >= 0.6 is 0 Å². The molecule has 0 saturated heterocycles. The van der Waals surface area contributed by atoms with Gasteiger partial charge in [-0.15, -0.1) is 0 Å². The fraction of sp³-hybridized carbons (Fsp3) is 0.526. The Hall–Kier alpha value is -2.57. The molecule has 1 aromatic heterocycles. The standard InChI is InChI=1S/C19H23N5O2/c1-11-12(2)20-19(22-17(11)25)24-16(10-15(23-24)13-8-9-13)21-18(26)14-6-4-3-5-7-14/h10,13-14H,1,3-9H2,2H3,(H,21,26). The highest BCUT2D eigenvalue weighted by molar-refractivity contribution is 6.27. The molecule has 7 nitrogen and oxygen atoms in total. The molecule has 2 heterocycles. The van der Waals surface area contributed by atoms with E-state index in [-0.39, 0.29) is 23.4 Å². The zero-order valence-corrected chi connectivity index (χ0v) is 15.0. The molecule has 3 aliphatic rings. The van der Waals surface area contributed by atoms with E-state index < -0.39 is 5.91 Å². The Morgan fingerprint density at radius 1 is 1.19 bits per heavy atom. The van der Waals surface area contributed by atoms with Crippen LogP contribution in [-0.4, -0.2) is 33.3 Å². The maximum Gasteiger partial charge on any atom is 0.281 e. The van der Waals surface area contributed by atoms with Crippen molar-refractivity contribution in [2.45, 2.75) is 57.8 Å². The van der Waals surface area contributed by atoms with Crippen molar-refractivity contribution in [3.63, 3.8) is 0 Å². The molecule has 2 aliphatic carbocycles. The topological polar surface area (TPSA) is 88.7 Å². The van der Waals surface area contributed by atoms with Crippen LogP contribution in [-0.2, 0) is 9.59 Å². The zero-order chi connectivity index (χ0) is 18.3. The molecule has 26 heavy (non-hydrogen) atoms. The molecule has 0 aromatic carbocycles. The van der Waals surface area contributed by atoms with Crippen molar-refractivity contribution in [3.8, 4) is 0 Å². The van der Waals surface area contributed by atoms with E-state index in [1.165, 1.54) is 11.1 Å². The van der Waals surface area contributed by atoms with Gasteiger partial charge < -0.3 is 5.32 Å². The molecule has 0 unspecified atom stereocenters. The van der Waals surface area contributed by atoms with Crippen LogP contribution in [0.4, 0.5) is 5.82 Å². The lowest BCUT2D eigenvalue weighted by molar-refractivity contribution is -0.120. The zero-order valence-electron chi connectivity index (χ0n) is 15.0. The Morgan fingerprint density at radius 2 is 1.92 bits per heavy atom. The minimum Gasteiger partial charge on any atom is -0.310 e. The number of carbonyl (C=O) groups excluding carboxylic acids is 2. The highest BCUT2D eigenvalue weighted by Crippen LogP contribution is 2.40. The fourth-order valence-corrected chi connectivity index (χ4v) is 3.46. The number of amides is 2. The van der Waals surface area contributed by atoms with Crippen LogP contribution in [0.25, 0.3) is 0 Å². The summed E-state index contributed by atoms with van der Waals surface area (Å²) in [5.74, 6) is 0.781. The summed E-state index contributed by atoms with van der Waals surface area (Å²) in [4.78, 5) is 33.0. The van der Waals surface area contributed by atoms with Crippen molar-refractivity contribution in [1.29, 1.82) is 0 Å². The predicted octanol–water partition coefficient (Wildman–Crippen LogP) is 3.04. The van der Waals surface area contributed by atoms with E-state index in [0.717, 1.165) is 44.2 Å². The molecular weight excluding hydrogens is 330 g/mol. The quantitative estimate of drug-likeness (QED) is 0.847. The van der Waals surface area contributed by atoms with E-state index in [2.05, 4.69) is 27.0 Å². The first-order chi connectivity index (χ1) is 12.5. The number of aliphatic imine (C=N–C) groups is 2. The van der Waals surface area contributed by atoms with Crippen molar-refractivity contribution < 1.29 is 9.59 Å². The smallest absolute Gasteiger partial charge is 0.281 e. The van der Waals surface area contributed by atoms with Gasteiger partial charge in [0.2, 0.25) is 5.91 Å². The van der Waals surface area contributed by atoms with Gasteiger partial charge in [0.25, 0.3) is 11.9 Å². The lowest BCUT2D eigenvalue weighted by atomic mass is 9.89. The number of hydrogen-bond acceptors (Lipinski definition) is 4. The van der Waals surface area contributed by atoms with E-state index in [4.69, 9.17) is 0 Å². The number of carbonyl (C=O) groups is 2. The van der Waals surface area contributed by atoms with Gasteiger partial charge in [0, 0.05) is 17.9 Å². The van der Waals surface area contributed by atoms with Crippen LogP contribution in [0.5, 0.6) is 0 Å². The van der Waals surface area contributed by atoms with Crippen molar-refractivity contribution in [2.24, 2.45) is 15.9 Å². The maximum atomic E-state index is 12.7. The molecule has 2 amide bonds. The number of anilines is 1. The second-order valence-corrected chi connectivity index (χ2v) is 7.36. The number of rotatable bonds is 3. The van der Waals surface area contributed by atoms with Crippen molar-refractivity contribution in [3.05, 3.63) is 23.9 Å². The first-order valence-electron chi connectivity index (χ1n) is 9.31. The summed E-state index contributed by atoms with van der Waals surface area (Å²) in [6.07, 6.45) is 7.42. The predicted molar refractivity (Wildman–Crippen MR) is 99.5 cm³/mol. The van der Waals surface area contributed by atoms with Gasteiger partial charge >= 0.3 is 0 Å². The minimum atomic E-state index is -0.416. The van der Waals surface area contributed by atoms with Crippen LogP contribution in [0.3, 0.4) is 0 Å². The fourth-order valence-electron chi connectivity index (χ4n) is 3.46. The molecule has 0 atom stereocenters. The van der Waals surface area contributed by atoms with E-state index in [9.17, 15) is 9.59 Å². The SMILES string of the molecule is C=C1C(=O)N=C(n2nc(C3CC3)cc2NC(=O)C2CCCCC2)N=C1C. The average Bonchev–Trinajstić information content (AvgIpc) is 3.41. The van der Waals surface area contributed by atoms with Crippen LogP contribution in [0.15, 0.2) is 28.2 Å². The number of hydrogen-bond donors (Lipinski definition) is 1. The Kier molecular flexibility index (Phi) is 4.30. The third-order valence-electron chi connectivity index (χ3n) is 5.30. The molecule has 1 aromatic rings. The van der Waals surface area contributed by atoms with Crippen molar-refractivity contribution in [1.82, 2.24) is 9.78 Å². The molecule has 4 rings (SSSR count). The molecule has 136 valence electrons. The molecule has 0 spiro atoms. The Balaban J connectivity index is 1.64. The largest absolute Gasteiger partial charge is 0.310 e. The molecule has 1 aliphatic heterocycles. The number of nitrogens with zero attached hydrogens (tertiary/aromatic N) is 4. The van der Waals surface area contributed by atoms with Gasteiger partial charge in [-0.05, 0) is 32.6 Å². The molecule has 2 fully saturated rings. The van der Waals surface area contributed by atoms with Gasteiger partial charge in [-0.25, -0.2) is 4.99 Å². The monoisotopic (exact) mass is 353 g/mol. The summed E-state index contributed by atoms with van der Waals surface area (Å²) in [5.41, 5.74) is 1.72. The molecular formula is C19H23N5O2. The number of aromatic nitrogens is 2. The van der Waals surface area contributed by atoms with Crippen LogP contribution < -0.4 is 5.32 Å². The van der Waals surface area contributed by atoms with E-state index >= 15 is 0 Å². The second kappa shape index (κ2) is 6.63. The van der Waals surface area contributed by atoms with Gasteiger partial charge in [0.1, 0.15) is 5.82 Å². The lowest BCUT2D eigenvalue weighted by Gasteiger charge is -2.21. The van der Waals surface area contributed by atoms with Crippen LogP contribution in [0.2, 0.25) is 0 Å². The van der Waals surface area contributed by atoms with E-state index in [1.54, 1.807) is 6.92 Å². The molecule has 1 N–H and O–H groups in total. The Morgan fingerprint density at radius 3 is 2.58 bits per heavy atom. The van der Waals surface area contributed by atoms with Crippen molar-refractivity contribution in [2.75, 3.05) is 5.32 Å². The molecule has 0 radical (unpaired) electrons. The summed E-state index contributed by atoms with van der Waals surface area (Å²) in [7, 11) is 0. The third kappa shape index (κ3) is 3.25. The summed E-state index contributed by atoms with van der Waals surface area (Å²) in [5, 5.41) is 7.57. The normalized spacial score (nSPS) is 21.4.